The van der Waals surface area contributed by atoms with E-state index in [0.717, 1.165) is 56.5 Å². The first-order valence-electron chi connectivity index (χ1n) is 9.18. The quantitative estimate of drug-likeness (QED) is 0.775. The maximum Gasteiger partial charge on any atom is 0.177 e. The highest BCUT2D eigenvalue weighted by molar-refractivity contribution is 7.71. The van der Waals surface area contributed by atoms with Crippen LogP contribution in [0, 0.1) is 16.4 Å². The summed E-state index contributed by atoms with van der Waals surface area (Å²) in [7, 11) is 2.15. The monoisotopic (exact) mass is 414 g/mol. The molecule has 0 bridgehead atoms. The number of nitrogens with one attached hydrogen (secondary N) is 1. The number of fused-ring (bicyclic) bond motifs is 1. The summed E-state index contributed by atoms with van der Waals surface area (Å²) >= 11 is 5.52. The topological polar surface area (TPSA) is 27.2 Å². The Morgan fingerprint density at radius 3 is 2.67 bits per heavy atom. The number of halogens is 3. The number of piperazine rings is 1. The predicted molar refractivity (Wildman–Crippen MR) is 107 cm³/mol. The normalized spacial score (nSPS) is 20.9. The van der Waals surface area contributed by atoms with Gasteiger partial charge in [0.15, 0.2) is 4.77 Å². The second-order valence-corrected chi connectivity index (χ2v) is 7.84. The van der Waals surface area contributed by atoms with E-state index >= 15 is 0 Å². The average Bonchev–Trinajstić information content (AvgIpc) is 2.96. The van der Waals surface area contributed by atoms with Crippen molar-refractivity contribution in [1.82, 2.24) is 19.4 Å². The van der Waals surface area contributed by atoms with E-state index in [-0.39, 0.29) is 18.4 Å². The van der Waals surface area contributed by atoms with Gasteiger partial charge in [-0.05, 0) is 55.7 Å². The van der Waals surface area contributed by atoms with Crippen LogP contribution in [-0.2, 0) is 19.4 Å². The smallest absolute Gasteiger partial charge is 0.177 e. The van der Waals surface area contributed by atoms with Gasteiger partial charge in [0.1, 0.15) is 11.6 Å². The third-order valence-electron chi connectivity index (χ3n) is 5.67. The molecule has 0 saturated carbocycles. The predicted octanol–water partition coefficient (Wildman–Crippen LogP) is 3.72. The average molecular weight is 415 g/mol. The summed E-state index contributed by atoms with van der Waals surface area (Å²) in [5.41, 5.74) is 2.59. The molecule has 2 aliphatic rings. The number of benzene rings is 1. The summed E-state index contributed by atoms with van der Waals surface area (Å²) in [5.74, 6) is -0.925. The van der Waals surface area contributed by atoms with Crippen molar-refractivity contribution in [2.24, 2.45) is 0 Å². The lowest BCUT2D eigenvalue weighted by Gasteiger charge is -2.33. The van der Waals surface area contributed by atoms with Crippen LogP contribution < -0.4 is 0 Å². The Bertz CT molecular complexity index is 858. The van der Waals surface area contributed by atoms with E-state index in [1.54, 1.807) is 0 Å². The van der Waals surface area contributed by atoms with Gasteiger partial charge in [-0.2, -0.15) is 0 Å². The third-order valence-corrected chi connectivity index (χ3v) is 5.99. The molecule has 4 rings (SSSR count). The Labute approximate surface area is 169 Å². The van der Waals surface area contributed by atoms with Gasteiger partial charge in [-0.1, -0.05) is 0 Å². The van der Waals surface area contributed by atoms with E-state index in [4.69, 9.17) is 12.2 Å². The van der Waals surface area contributed by atoms with E-state index < -0.39 is 11.6 Å². The highest BCUT2D eigenvalue weighted by atomic mass is 35.5. The Balaban J connectivity index is 0.00000210. The number of imidazole rings is 1. The minimum absolute atomic E-state index is 0. The minimum atomic E-state index is -0.503. The van der Waals surface area contributed by atoms with Crippen LogP contribution >= 0.6 is 24.6 Å². The van der Waals surface area contributed by atoms with Crippen LogP contribution in [0.3, 0.4) is 0 Å². The van der Waals surface area contributed by atoms with Gasteiger partial charge in [0, 0.05) is 51.0 Å². The summed E-state index contributed by atoms with van der Waals surface area (Å²) in [6.07, 6.45) is 4.04. The van der Waals surface area contributed by atoms with Crippen LogP contribution in [0.4, 0.5) is 8.78 Å². The highest BCUT2D eigenvalue weighted by Crippen LogP contribution is 2.32. The molecular weight excluding hydrogens is 390 g/mol. The van der Waals surface area contributed by atoms with Crippen LogP contribution in [-0.4, -0.2) is 52.6 Å². The molecule has 1 fully saturated rings. The van der Waals surface area contributed by atoms with E-state index in [2.05, 4.69) is 26.4 Å². The molecule has 2 heterocycles. The number of hydrogen-bond donors (Lipinski definition) is 1. The van der Waals surface area contributed by atoms with E-state index in [1.807, 2.05) is 6.20 Å². The Kier molecular flexibility index (Phi) is 6.35. The van der Waals surface area contributed by atoms with Crippen LogP contribution in [0.1, 0.15) is 29.3 Å². The Hall–Kier alpha value is -1.28. The van der Waals surface area contributed by atoms with Gasteiger partial charge in [-0.15, -0.1) is 12.4 Å². The lowest BCUT2D eigenvalue weighted by molar-refractivity contribution is 0.144. The third kappa shape index (κ3) is 4.26. The molecular formula is C19H25ClF2N4S. The fraction of sp³-hybridized carbons (Fsp3) is 0.526. The highest BCUT2D eigenvalue weighted by Gasteiger charge is 2.26. The molecule has 1 aliphatic carbocycles. The van der Waals surface area contributed by atoms with E-state index in [0.29, 0.717) is 23.2 Å². The van der Waals surface area contributed by atoms with Gasteiger partial charge in [0.05, 0.1) is 5.69 Å². The first-order valence-corrected chi connectivity index (χ1v) is 9.58. The summed E-state index contributed by atoms with van der Waals surface area (Å²) in [4.78, 5) is 7.94. The zero-order valence-corrected chi connectivity index (χ0v) is 17.0. The molecule has 1 aliphatic heterocycles. The fourth-order valence-corrected chi connectivity index (χ4v) is 4.50. The molecule has 1 aromatic heterocycles. The summed E-state index contributed by atoms with van der Waals surface area (Å²) in [6.45, 7) is 5.07. The molecule has 0 radical (unpaired) electrons. The van der Waals surface area contributed by atoms with Crippen molar-refractivity contribution in [1.29, 1.82) is 0 Å². The second kappa shape index (κ2) is 8.39. The molecule has 1 N–H and O–H groups in total. The van der Waals surface area contributed by atoms with Crippen molar-refractivity contribution < 1.29 is 8.78 Å². The fourth-order valence-electron chi connectivity index (χ4n) is 4.18. The van der Waals surface area contributed by atoms with Crippen molar-refractivity contribution in [3.63, 3.8) is 0 Å². The van der Waals surface area contributed by atoms with Gasteiger partial charge < -0.3 is 14.5 Å². The van der Waals surface area contributed by atoms with Gasteiger partial charge in [0.25, 0.3) is 0 Å². The van der Waals surface area contributed by atoms with Gasteiger partial charge in [-0.25, -0.2) is 8.78 Å². The first-order chi connectivity index (χ1) is 12.5. The molecule has 1 atom stereocenters. The van der Waals surface area contributed by atoms with Gasteiger partial charge >= 0.3 is 0 Å². The summed E-state index contributed by atoms with van der Waals surface area (Å²) in [6, 6.07) is 2.60. The second-order valence-electron chi connectivity index (χ2n) is 7.46. The molecule has 148 valence electrons. The number of H-pyrrole nitrogens is 1. The van der Waals surface area contributed by atoms with Crippen molar-refractivity contribution in [2.75, 3.05) is 33.2 Å². The van der Waals surface area contributed by atoms with Gasteiger partial charge in [-0.3, -0.25) is 4.90 Å². The molecule has 0 amide bonds. The zero-order valence-electron chi connectivity index (χ0n) is 15.4. The SMILES string of the molecule is CN1CCN(Cc2c[nH]c(=S)n2[C@H]2CCc3c(F)cc(F)cc3C2)CC1.Cl. The van der Waals surface area contributed by atoms with Crippen LogP contribution in [0.2, 0.25) is 0 Å². The zero-order chi connectivity index (χ0) is 18.3. The molecule has 2 aromatic rings. The van der Waals surface area contributed by atoms with Crippen LogP contribution in [0.15, 0.2) is 18.3 Å². The summed E-state index contributed by atoms with van der Waals surface area (Å²) < 4.78 is 30.5. The van der Waals surface area contributed by atoms with Crippen molar-refractivity contribution in [2.45, 2.75) is 31.8 Å². The number of likely N-dealkylation sites (N-methyl/N-ethyl adjacent to an activating group) is 1. The standard InChI is InChI=1S/C19H24F2N4S.ClH/c1-23-4-6-24(7-5-23)12-16-11-22-19(26)25(16)15-2-3-17-13(9-15)8-14(20)10-18(17)21;/h8,10-11,15H,2-7,9,12H2,1H3,(H,22,26);1H/t15-;/m0./s1. The number of hydrogen-bond acceptors (Lipinski definition) is 3. The Morgan fingerprint density at radius 2 is 1.93 bits per heavy atom. The molecule has 1 aromatic carbocycles. The molecule has 27 heavy (non-hydrogen) atoms. The van der Waals surface area contributed by atoms with Crippen molar-refractivity contribution in [3.05, 3.63) is 51.6 Å². The molecule has 1 saturated heterocycles. The van der Waals surface area contributed by atoms with Crippen LogP contribution in [0.5, 0.6) is 0 Å². The van der Waals surface area contributed by atoms with Crippen molar-refractivity contribution in [3.8, 4) is 0 Å². The minimum Gasteiger partial charge on any atom is -0.337 e. The van der Waals surface area contributed by atoms with Crippen LogP contribution in [0.25, 0.3) is 0 Å². The van der Waals surface area contributed by atoms with E-state index in [9.17, 15) is 8.78 Å². The largest absolute Gasteiger partial charge is 0.337 e. The number of nitrogens with zero attached hydrogens (tertiary/aromatic N) is 3. The first kappa shape index (κ1) is 20.5. The van der Waals surface area contributed by atoms with Crippen molar-refractivity contribution >= 4 is 24.6 Å². The molecule has 8 heteroatoms. The number of aromatic amines is 1. The lowest BCUT2D eigenvalue weighted by Crippen LogP contribution is -2.44. The summed E-state index contributed by atoms with van der Waals surface area (Å²) in [5, 5.41) is 0. The Morgan fingerprint density at radius 1 is 1.19 bits per heavy atom. The molecule has 0 unspecified atom stereocenters. The van der Waals surface area contributed by atoms with E-state index in [1.165, 1.54) is 6.07 Å². The maximum atomic E-state index is 14.0. The maximum absolute atomic E-state index is 14.0. The molecule has 4 nitrogen and oxygen atoms in total. The molecule has 0 spiro atoms. The lowest BCUT2D eigenvalue weighted by atomic mass is 9.87. The number of aromatic nitrogens is 2. The van der Waals surface area contributed by atoms with Gasteiger partial charge in [0.2, 0.25) is 0 Å². The number of rotatable bonds is 3.